The lowest BCUT2D eigenvalue weighted by molar-refractivity contribution is 1.78. The number of hydrogen-bond donors (Lipinski definition) is 0. The summed E-state index contributed by atoms with van der Waals surface area (Å²) < 4.78 is 0. The molecule has 1 aromatic carbocycles. The molecule has 1 heteroatoms. The van der Waals surface area contributed by atoms with Crippen molar-refractivity contribution in [1.82, 2.24) is 0 Å². The SMILES string of the molecule is [SiH2]c1ccccc1. The maximum Gasteiger partial charge on any atom is 0.0477 e. The van der Waals surface area contributed by atoms with E-state index in [0.717, 1.165) is 0 Å². The van der Waals surface area contributed by atoms with Crippen LogP contribution in [0, 0.1) is 0 Å². The molecule has 0 spiro atoms. The maximum atomic E-state index is 2.10. The fourth-order valence-corrected chi connectivity index (χ4v) is 0.750. The predicted molar refractivity (Wildman–Crippen MR) is 34.6 cm³/mol. The van der Waals surface area contributed by atoms with Gasteiger partial charge in [-0.3, -0.25) is 0 Å². The van der Waals surface area contributed by atoms with Crippen LogP contribution in [0.4, 0.5) is 0 Å². The summed E-state index contributed by atoms with van der Waals surface area (Å²) in [6.07, 6.45) is 0. The Kier molecular flexibility index (Phi) is 1.27. The predicted octanol–water partition coefficient (Wildman–Crippen LogP) is -0.0550. The molecule has 7 heavy (non-hydrogen) atoms. The van der Waals surface area contributed by atoms with E-state index in [-0.39, 0.29) is 0 Å². The third kappa shape index (κ3) is 1.16. The van der Waals surface area contributed by atoms with E-state index >= 15 is 0 Å². The first kappa shape index (κ1) is 4.59. The van der Waals surface area contributed by atoms with Crippen LogP contribution in [0.3, 0.4) is 0 Å². The molecule has 0 saturated carbocycles. The first-order chi connectivity index (χ1) is 3.39. The van der Waals surface area contributed by atoms with Crippen LogP contribution >= 0.6 is 0 Å². The van der Waals surface area contributed by atoms with Crippen LogP contribution in [-0.2, 0) is 0 Å². The van der Waals surface area contributed by atoms with Crippen LogP contribution in [0.1, 0.15) is 0 Å². The second-order valence-corrected chi connectivity index (χ2v) is 2.30. The Morgan fingerprint density at radius 1 is 1.00 bits per heavy atom. The Hall–Kier alpha value is -0.563. The highest BCUT2D eigenvalue weighted by atomic mass is 28.1. The zero-order valence-electron chi connectivity index (χ0n) is 4.09. The first-order valence-corrected chi connectivity index (χ1v) is 2.97. The molecule has 35 valence electrons. The van der Waals surface area contributed by atoms with Crippen molar-refractivity contribution < 1.29 is 0 Å². The molecule has 0 nitrogen and oxygen atoms in total. The highest BCUT2D eigenvalue weighted by Gasteiger charge is 1.72. The molecule has 0 aliphatic heterocycles. The quantitative estimate of drug-likeness (QED) is 0.408. The fourth-order valence-electron chi connectivity index (χ4n) is 0.478. The van der Waals surface area contributed by atoms with Gasteiger partial charge in [0.25, 0.3) is 0 Å². The fraction of sp³-hybridized carbons (Fsp3) is 0. The van der Waals surface area contributed by atoms with Gasteiger partial charge in [0, 0.05) is 10.2 Å². The Morgan fingerprint density at radius 3 is 1.86 bits per heavy atom. The summed E-state index contributed by atoms with van der Waals surface area (Å²) in [5, 5.41) is 1.35. The van der Waals surface area contributed by atoms with Gasteiger partial charge < -0.3 is 0 Å². The van der Waals surface area contributed by atoms with Gasteiger partial charge in [-0.2, -0.15) is 0 Å². The van der Waals surface area contributed by atoms with E-state index in [1.165, 1.54) is 5.19 Å². The van der Waals surface area contributed by atoms with E-state index in [1.54, 1.807) is 0 Å². The molecule has 0 bridgehead atoms. The molecule has 0 atom stereocenters. The smallest absolute Gasteiger partial charge is 0.0477 e. The molecule has 0 saturated heterocycles. The lowest BCUT2D eigenvalue weighted by Crippen LogP contribution is -1.97. The normalized spacial score (nSPS) is 8.71. The zero-order chi connectivity index (χ0) is 5.11. The van der Waals surface area contributed by atoms with E-state index in [2.05, 4.69) is 12.1 Å². The summed E-state index contributed by atoms with van der Waals surface area (Å²) in [4.78, 5) is 0. The Bertz CT molecular complexity index is 134. The molecule has 1 aromatic rings. The Balaban J connectivity index is 3.02. The van der Waals surface area contributed by atoms with Crippen LogP contribution in [0.5, 0.6) is 0 Å². The molecule has 0 aliphatic rings. The minimum absolute atomic E-state index is 1.35. The largest absolute Gasteiger partial charge is 0.0697 e. The molecule has 1 rings (SSSR count). The number of rotatable bonds is 0. The topological polar surface area (TPSA) is 0 Å². The molecule has 0 unspecified atom stereocenters. The second-order valence-electron chi connectivity index (χ2n) is 1.49. The van der Waals surface area contributed by atoms with E-state index in [0.29, 0.717) is 0 Å². The average molecular weight is 107 g/mol. The standard InChI is InChI=1S/C6H7Si/c7-6-4-2-1-3-5-6/h1-5H,7H2. The minimum atomic E-state index is 1.35. The lowest BCUT2D eigenvalue weighted by Gasteiger charge is -1.82. The molecule has 0 aromatic heterocycles. The van der Waals surface area contributed by atoms with Gasteiger partial charge in [-0.1, -0.05) is 35.5 Å². The van der Waals surface area contributed by atoms with Crippen molar-refractivity contribution in [1.29, 1.82) is 0 Å². The van der Waals surface area contributed by atoms with Gasteiger partial charge in [0.05, 0.1) is 0 Å². The van der Waals surface area contributed by atoms with Crippen molar-refractivity contribution in [3.05, 3.63) is 30.3 Å². The molecule has 0 heterocycles. The lowest BCUT2D eigenvalue weighted by atomic mass is 10.4. The highest BCUT2D eigenvalue weighted by molar-refractivity contribution is 6.32. The van der Waals surface area contributed by atoms with E-state index in [1.807, 2.05) is 28.4 Å². The van der Waals surface area contributed by atoms with Crippen molar-refractivity contribution >= 4 is 15.4 Å². The molecule has 0 aliphatic carbocycles. The van der Waals surface area contributed by atoms with Crippen molar-refractivity contribution in [3.63, 3.8) is 0 Å². The molecular formula is C6H7Si. The summed E-state index contributed by atoms with van der Waals surface area (Å²) in [6.45, 7) is 0. The van der Waals surface area contributed by atoms with Crippen molar-refractivity contribution in [3.8, 4) is 0 Å². The maximum absolute atomic E-state index is 2.10. The third-order valence-electron chi connectivity index (χ3n) is 0.843. The molecule has 0 amide bonds. The monoisotopic (exact) mass is 107 g/mol. The van der Waals surface area contributed by atoms with E-state index < -0.39 is 0 Å². The van der Waals surface area contributed by atoms with Crippen molar-refractivity contribution in [2.75, 3.05) is 0 Å². The summed E-state index contributed by atoms with van der Waals surface area (Å²) in [7, 11) is 1.90. The van der Waals surface area contributed by atoms with Gasteiger partial charge in [-0.05, 0) is 0 Å². The molecular weight excluding hydrogens is 100 g/mol. The van der Waals surface area contributed by atoms with Gasteiger partial charge in [0.15, 0.2) is 0 Å². The van der Waals surface area contributed by atoms with Crippen LogP contribution in [0.2, 0.25) is 0 Å². The molecule has 1 radical (unpaired) electrons. The van der Waals surface area contributed by atoms with Crippen LogP contribution < -0.4 is 5.19 Å². The van der Waals surface area contributed by atoms with Gasteiger partial charge in [0.1, 0.15) is 0 Å². The molecule has 0 N–H and O–H groups in total. The van der Waals surface area contributed by atoms with Crippen molar-refractivity contribution in [2.24, 2.45) is 0 Å². The zero-order valence-corrected chi connectivity index (χ0v) is 5.51. The van der Waals surface area contributed by atoms with E-state index in [9.17, 15) is 0 Å². The highest BCUT2D eigenvalue weighted by Crippen LogP contribution is 1.76. The van der Waals surface area contributed by atoms with Gasteiger partial charge in [0.2, 0.25) is 0 Å². The van der Waals surface area contributed by atoms with Gasteiger partial charge in [-0.15, -0.1) is 0 Å². The van der Waals surface area contributed by atoms with Crippen LogP contribution in [0.25, 0.3) is 0 Å². The number of benzene rings is 1. The minimum Gasteiger partial charge on any atom is -0.0697 e. The van der Waals surface area contributed by atoms with Gasteiger partial charge >= 0.3 is 0 Å². The summed E-state index contributed by atoms with van der Waals surface area (Å²) in [5.74, 6) is 0. The average Bonchev–Trinajstić information content (AvgIpc) is 1.69. The number of hydrogen-bond acceptors (Lipinski definition) is 0. The Labute approximate surface area is 46.6 Å². The van der Waals surface area contributed by atoms with Gasteiger partial charge in [-0.25, -0.2) is 0 Å². The molecule has 0 fully saturated rings. The summed E-state index contributed by atoms with van der Waals surface area (Å²) >= 11 is 0. The Morgan fingerprint density at radius 2 is 1.57 bits per heavy atom. The van der Waals surface area contributed by atoms with Crippen molar-refractivity contribution in [2.45, 2.75) is 0 Å². The second kappa shape index (κ2) is 1.94. The van der Waals surface area contributed by atoms with Crippen LogP contribution in [-0.4, -0.2) is 10.2 Å². The van der Waals surface area contributed by atoms with E-state index in [4.69, 9.17) is 0 Å². The summed E-state index contributed by atoms with van der Waals surface area (Å²) in [6, 6.07) is 10.3. The first-order valence-electron chi connectivity index (χ1n) is 2.26. The summed E-state index contributed by atoms with van der Waals surface area (Å²) in [5.41, 5.74) is 0. The van der Waals surface area contributed by atoms with Crippen LogP contribution in [0.15, 0.2) is 30.3 Å². The third-order valence-corrected chi connectivity index (χ3v) is 1.31.